The van der Waals surface area contributed by atoms with Crippen LogP contribution in [0, 0.1) is 47.4 Å². The van der Waals surface area contributed by atoms with E-state index in [4.69, 9.17) is 28.4 Å². The largest absolute Gasteiger partial charge is 0.508 e. The maximum Gasteiger partial charge on any atom is 0.508 e. The first-order valence-corrected chi connectivity index (χ1v) is 35.1. The third kappa shape index (κ3) is 14.8. The topological polar surface area (TPSA) is 113 Å². The summed E-state index contributed by atoms with van der Waals surface area (Å²) < 4.78 is 37.5. The van der Waals surface area contributed by atoms with Crippen LogP contribution in [0.1, 0.15) is 44.5 Å². The monoisotopic (exact) mass is 1370 g/mol. The zero-order valence-electron chi connectivity index (χ0n) is 57.6. The summed E-state index contributed by atoms with van der Waals surface area (Å²) in [6.45, 7) is -0.670. The van der Waals surface area contributed by atoms with Crippen molar-refractivity contribution in [3.05, 3.63) is 336 Å². The second kappa shape index (κ2) is 30.8. The van der Waals surface area contributed by atoms with Crippen molar-refractivity contribution in [2.45, 2.75) is 0 Å². The van der Waals surface area contributed by atoms with Gasteiger partial charge in [0, 0.05) is 66.8 Å². The Balaban J connectivity index is 0.668. The smallest absolute Gasteiger partial charge is 0.491 e. The summed E-state index contributed by atoms with van der Waals surface area (Å²) in [7, 11) is 0. The number of hydrogen-bond acceptors (Lipinski definition) is 9. The number of aliphatic hydroxyl groups excluding tert-OH is 2. The van der Waals surface area contributed by atoms with Crippen LogP contribution in [0.5, 0.6) is 23.0 Å². The highest BCUT2D eigenvalue weighted by Gasteiger charge is 2.23. The summed E-state index contributed by atoms with van der Waals surface area (Å²) in [4.78, 5) is 13.6. The Kier molecular flexibility index (Phi) is 19.4. The molecule has 0 aliphatic rings. The Labute approximate surface area is 613 Å². The zero-order chi connectivity index (χ0) is 71.6. The summed E-state index contributed by atoms with van der Waals surface area (Å²) >= 11 is 0. The minimum absolute atomic E-state index is 0.0348. The average Bonchev–Trinajstić information content (AvgIpc) is 0.752. The van der Waals surface area contributed by atoms with Crippen LogP contribution in [0.4, 0.5) is 4.79 Å². The molecule has 0 spiro atoms. The maximum atomic E-state index is 13.6. The second-order valence-corrected chi connectivity index (χ2v) is 25.5. The molecule has 0 saturated heterocycles. The molecule has 0 aliphatic heterocycles. The van der Waals surface area contributed by atoms with Gasteiger partial charge in [0.05, 0.1) is 13.2 Å². The van der Waals surface area contributed by atoms with E-state index in [9.17, 15) is 15.0 Å². The van der Waals surface area contributed by atoms with Gasteiger partial charge in [-0.3, -0.25) is 0 Å². The number of fused-ring (bicyclic) bond motifs is 8. The van der Waals surface area contributed by atoms with Crippen molar-refractivity contribution >= 4 is 92.3 Å². The van der Waals surface area contributed by atoms with Crippen molar-refractivity contribution in [2.24, 2.45) is 0 Å². The maximum absolute atomic E-state index is 13.6. The molecule has 106 heavy (non-hydrogen) atoms. The molecule has 508 valence electrons. The number of carbonyl (C=O) groups is 1. The molecule has 0 fully saturated rings. The van der Waals surface area contributed by atoms with Crippen molar-refractivity contribution in [2.75, 3.05) is 52.9 Å². The summed E-state index contributed by atoms with van der Waals surface area (Å²) in [5.41, 5.74) is 9.92. The lowest BCUT2D eigenvalue weighted by molar-refractivity contribution is 0.0384. The van der Waals surface area contributed by atoms with E-state index < -0.39 is 6.16 Å². The number of benzene rings is 16. The molecule has 0 amide bonds. The molecule has 0 aliphatic carbocycles. The molecule has 0 bridgehead atoms. The first kappa shape index (κ1) is 66.8. The van der Waals surface area contributed by atoms with E-state index in [1.807, 2.05) is 170 Å². The van der Waals surface area contributed by atoms with Gasteiger partial charge in [-0.15, -0.1) is 0 Å². The van der Waals surface area contributed by atoms with E-state index in [1.165, 1.54) is 0 Å². The van der Waals surface area contributed by atoms with E-state index in [0.29, 0.717) is 23.0 Å². The van der Waals surface area contributed by atoms with Crippen molar-refractivity contribution in [1.82, 2.24) is 0 Å². The van der Waals surface area contributed by atoms with Gasteiger partial charge >= 0.3 is 6.16 Å². The van der Waals surface area contributed by atoms with E-state index in [0.717, 1.165) is 153 Å². The first-order chi connectivity index (χ1) is 52.3. The van der Waals surface area contributed by atoms with Gasteiger partial charge < -0.3 is 38.6 Å². The van der Waals surface area contributed by atoms with Gasteiger partial charge in [0.25, 0.3) is 0 Å². The Morgan fingerprint density at radius 3 is 0.679 bits per heavy atom. The van der Waals surface area contributed by atoms with Gasteiger partial charge in [-0.1, -0.05) is 217 Å². The molecule has 0 radical (unpaired) electrons. The lowest BCUT2D eigenvalue weighted by atomic mass is 9.91. The number of carbonyl (C=O) groups excluding carboxylic acids is 1. The normalized spacial score (nSPS) is 11.0. The predicted octanol–water partition coefficient (Wildman–Crippen LogP) is 20.2. The van der Waals surface area contributed by atoms with Crippen molar-refractivity contribution in [3.8, 4) is 92.6 Å². The number of hydrogen-bond donors (Lipinski definition) is 2. The Morgan fingerprint density at radius 2 is 0.434 bits per heavy atom. The standard InChI is InChI=1S/C97H66O9/c98-49-51-101-89-45-37-81-61-69(21-17-65-25-33-73-9-1-5-13-77(73)57-65)29-41-85(81)93(89)95-87-43-31-71(23-19-67-27-35-75-11-3-7-15-79(75)59-67)63-83(87)39-47-91(95)103-53-55-105-97(100)106-56-54-104-92-48-40-84-64-72(24-20-68-28-36-76-12-4-8-16-80(76)60-68)32-44-88(84)96(92)94-86-42-30-70(62-82(86)38-46-90(94)102-52-50-99)22-18-66-26-34-74-10-2-6-14-78(74)58-66/h1-16,25-48,57-64,98-99H,49-56H2. The fraction of sp³-hybridized carbons (Fsp3) is 0.0825. The van der Waals surface area contributed by atoms with Crippen molar-refractivity contribution < 1.29 is 43.4 Å². The zero-order valence-corrected chi connectivity index (χ0v) is 57.6. The van der Waals surface area contributed by atoms with Crippen LogP contribution in [0.15, 0.2) is 291 Å². The summed E-state index contributed by atoms with van der Waals surface area (Å²) in [5, 5.41) is 36.4. The Hall–Kier alpha value is -13.8. The van der Waals surface area contributed by atoms with Gasteiger partial charge in [-0.25, -0.2) is 4.79 Å². The van der Waals surface area contributed by atoms with Gasteiger partial charge in [0.15, 0.2) is 0 Å². The molecule has 16 rings (SSSR count). The minimum Gasteiger partial charge on any atom is -0.491 e. The van der Waals surface area contributed by atoms with E-state index in [1.54, 1.807) is 0 Å². The predicted molar refractivity (Wildman–Crippen MR) is 427 cm³/mol. The second-order valence-electron chi connectivity index (χ2n) is 25.5. The summed E-state index contributed by atoms with van der Waals surface area (Å²) in [6, 6.07) is 98.0. The van der Waals surface area contributed by atoms with E-state index in [-0.39, 0.29) is 52.9 Å². The number of aliphatic hydroxyl groups is 2. The fourth-order valence-electron chi connectivity index (χ4n) is 13.6. The lowest BCUT2D eigenvalue weighted by Gasteiger charge is -2.20. The quantitative estimate of drug-likeness (QED) is 0.0555. The van der Waals surface area contributed by atoms with Crippen LogP contribution in [0.3, 0.4) is 0 Å². The summed E-state index contributed by atoms with van der Waals surface area (Å²) in [5.74, 6) is 29.2. The molecule has 0 saturated carbocycles. The van der Waals surface area contributed by atoms with E-state index in [2.05, 4.69) is 169 Å². The first-order valence-electron chi connectivity index (χ1n) is 35.1. The molecule has 0 heterocycles. The molecular weight excluding hydrogens is 1310 g/mol. The van der Waals surface area contributed by atoms with Crippen LogP contribution < -0.4 is 18.9 Å². The Bertz CT molecular complexity index is 6010. The number of rotatable bonds is 16. The molecule has 2 N–H and O–H groups in total. The van der Waals surface area contributed by atoms with Gasteiger partial charge in [0.1, 0.15) is 62.6 Å². The van der Waals surface area contributed by atoms with Gasteiger partial charge in [-0.2, -0.15) is 0 Å². The highest BCUT2D eigenvalue weighted by Crippen LogP contribution is 2.48. The molecule has 9 heteroatoms. The van der Waals surface area contributed by atoms with Crippen LogP contribution in [-0.2, 0) is 9.47 Å². The van der Waals surface area contributed by atoms with Gasteiger partial charge in [-0.05, 0) is 208 Å². The molecular formula is C97H66O9. The minimum atomic E-state index is -0.902. The van der Waals surface area contributed by atoms with Gasteiger partial charge in [0.2, 0.25) is 0 Å². The molecule has 0 aromatic heterocycles. The third-order valence-electron chi connectivity index (χ3n) is 18.6. The van der Waals surface area contributed by atoms with Crippen LogP contribution in [0.25, 0.3) is 108 Å². The SMILES string of the molecule is O=C(OCCOc1ccc2cc(C#Cc3ccc4ccccc4c3)ccc2c1-c1c(OCCO)ccc2cc(C#Cc3ccc4ccccc4c3)ccc12)OCCOc1ccc2cc(C#Cc3ccc4ccccc4c3)ccc2c1-c1c(OCCO)ccc2cc(C#Cc3ccc4ccccc4c3)ccc12. The van der Waals surface area contributed by atoms with Crippen LogP contribution >= 0.6 is 0 Å². The molecule has 0 unspecified atom stereocenters. The summed E-state index contributed by atoms with van der Waals surface area (Å²) in [6.07, 6.45) is -0.902. The molecule has 16 aromatic rings. The lowest BCUT2D eigenvalue weighted by Crippen LogP contribution is -2.17. The highest BCUT2D eigenvalue weighted by molar-refractivity contribution is 6.12. The van der Waals surface area contributed by atoms with Crippen LogP contribution in [0.2, 0.25) is 0 Å². The Morgan fingerprint density at radius 1 is 0.226 bits per heavy atom. The van der Waals surface area contributed by atoms with E-state index >= 15 is 0 Å². The van der Waals surface area contributed by atoms with Crippen molar-refractivity contribution in [1.29, 1.82) is 0 Å². The molecule has 16 aromatic carbocycles. The fourth-order valence-corrected chi connectivity index (χ4v) is 13.6. The average molecular weight is 1380 g/mol. The van der Waals surface area contributed by atoms with Crippen molar-refractivity contribution in [3.63, 3.8) is 0 Å². The molecule has 0 atom stereocenters. The van der Waals surface area contributed by atoms with Crippen LogP contribution in [-0.4, -0.2) is 69.2 Å². The third-order valence-corrected chi connectivity index (χ3v) is 18.6. The number of ether oxygens (including phenoxy) is 6. The highest BCUT2D eigenvalue weighted by atomic mass is 16.7. The molecule has 9 nitrogen and oxygen atoms in total.